The van der Waals surface area contributed by atoms with Crippen molar-refractivity contribution in [3.63, 3.8) is 0 Å². The van der Waals surface area contributed by atoms with Gasteiger partial charge in [-0.15, -0.1) is 0 Å². The average molecular weight is 605 g/mol. The number of hydrogen-bond donors (Lipinski definition) is 2. The number of imidazole rings is 1. The van der Waals surface area contributed by atoms with Crippen molar-refractivity contribution in [3.05, 3.63) is 88.6 Å². The molecule has 2 aromatic carbocycles. The Balaban J connectivity index is 1.05. The maximum absolute atomic E-state index is 13.9. The Hall–Kier alpha value is -5.19. The number of benzene rings is 2. The second kappa shape index (κ2) is 9.16. The lowest BCUT2D eigenvalue weighted by Crippen LogP contribution is -2.33. The molecule has 228 valence electrons. The third-order valence-corrected chi connectivity index (χ3v) is 9.38. The third-order valence-electron chi connectivity index (χ3n) is 9.38. The maximum Gasteiger partial charge on any atom is 0.413 e. The highest BCUT2D eigenvalue weighted by Crippen LogP contribution is 2.66. The molecule has 1 saturated heterocycles. The van der Waals surface area contributed by atoms with Gasteiger partial charge in [0.2, 0.25) is 5.82 Å². The fourth-order valence-electron chi connectivity index (χ4n) is 7.42. The molecule has 8 rings (SSSR count). The van der Waals surface area contributed by atoms with Gasteiger partial charge in [0.15, 0.2) is 11.6 Å². The monoisotopic (exact) mass is 604 g/mol. The molecule has 2 atom stereocenters. The topological polar surface area (TPSA) is 130 Å². The summed E-state index contributed by atoms with van der Waals surface area (Å²) < 4.78 is 6.88. The first kappa shape index (κ1) is 27.4. The van der Waals surface area contributed by atoms with Crippen molar-refractivity contribution in [2.75, 3.05) is 23.3 Å². The van der Waals surface area contributed by atoms with Crippen LogP contribution in [0, 0.1) is 5.92 Å². The molecular weight excluding hydrogens is 572 g/mol. The Labute approximate surface area is 258 Å². The van der Waals surface area contributed by atoms with Crippen LogP contribution in [0.15, 0.2) is 60.4 Å². The van der Waals surface area contributed by atoms with Crippen LogP contribution in [0.3, 0.4) is 0 Å². The SMILES string of the molecule is Cn1cc(NC(=O)OC(C)(C)C)nc1C(=O)N1CCc2c1ccc1[nH]c(C(=O)N3CC4CC45C3=CC(=O)c3ccccc35)cc21. The van der Waals surface area contributed by atoms with E-state index in [0.29, 0.717) is 31.1 Å². The Morgan fingerprint density at radius 1 is 1.09 bits per heavy atom. The van der Waals surface area contributed by atoms with E-state index < -0.39 is 11.7 Å². The molecule has 45 heavy (non-hydrogen) atoms. The van der Waals surface area contributed by atoms with Gasteiger partial charge in [0.1, 0.15) is 11.3 Å². The van der Waals surface area contributed by atoms with E-state index in [4.69, 9.17) is 4.74 Å². The molecule has 1 saturated carbocycles. The van der Waals surface area contributed by atoms with Crippen LogP contribution in [-0.4, -0.2) is 61.8 Å². The van der Waals surface area contributed by atoms with Gasteiger partial charge < -0.3 is 24.1 Å². The van der Waals surface area contributed by atoms with E-state index in [1.54, 1.807) is 54.5 Å². The molecule has 2 fully saturated rings. The number of aromatic amines is 1. The number of hydrogen-bond acceptors (Lipinski definition) is 6. The van der Waals surface area contributed by atoms with E-state index in [-0.39, 0.29) is 34.7 Å². The number of nitrogens with one attached hydrogen (secondary N) is 2. The molecule has 1 spiro atoms. The van der Waals surface area contributed by atoms with Crippen LogP contribution in [0.4, 0.5) is 16.3 Å². The van der Waals surface area contributed by atoms with Crippen molar-refractivity contribution in [1.29, 1.82) is 0 Å². The molecule has 0 radical (unpaired) electrons. The molecule has 3 amide bonds. The lowest BCUT2D eigenvalue weighted by atomic mass is 9.81. The Morgan fingerprint density at radius 2 is 1.89 bits per heavy atom. The van der Waals surface area contributed by atoms with Crippen LogP contribution in [0.1, 0.15) is 69.8 Å². The molecule has 11 nitrogen and oxygen atoms in total. The normalized spacial score (nSPS) is 21.2. The number of anilines is 2. The summed E-state index contributed by atoms with van der Waals surface area (Å²) in [6.45, 7) is 6.34. The number of allylic oxidation sites excluding steroid dienone is 2. The van der Waals surface area contributed by atoms with E-state index in [1.165, 1.54) is 0 Å². The van der Waals surface area contributed by atoms with Gasteiger partial charge in [0.25, 0.3) is 11.8 Å². The second-order valence-electron chi connectivity index (χ2n) is 13.3. The lowest BCUT2D eigenvalue weighted by Gasteiger charge is -2.29. The van der Waals surface area contributed by atoms with E-state index >= 15 is 0 Å². The molecular formula is C34H32N6O5. The summed E-state index contributed by atoms with van der Waals surface area (Å²) in [6, 6.07) is 13.4. The first-order chi connectivity index (χ1) is 21.4. The minimum Gasteiger partial charge on any atom is -0.444 e. The van der Waals surface area contributed by atoms with Crippen molar-refractivity contribution in [2.24, 2.45) is 13.0 Å². The Morgan fingerprint density at radius 3 is 2.69 bits per heavy atom. The smallest absolute Gasteiger partial charge is 0.413 e. The van der Waals surface area contributed by atoms with Gasteiger partial charge in [-0.25, -0.2) is 9.78 Å². The quantitative estimate of drug-likeness (QED) is 0.341. The number of likely N-dealkylation sites (tertiary alicyclic amines) is 1. The van der Waals surface area contributed by atoms with Crippen molar-refractivity contribution in [1.82, 2.24) is 19.4 Å². The van der Waals surface area contributed by atoms with Crippen LogP contribution in [0.25, 0.3) is 10.9 Å². The van der Waals surface area contributed by atoms with Gasteiger partial charge in [-0.3, -0.25) is 19.7 Å². The highest BCUT2D eigenvalue weighted by Gasteiger charge is 2.67. The van der Waals surface area contributed by atoms with Gasteiger partial charge in [0.05, 0.1) is 0 Å². The zero-order chi connectivity index (χ0) is 31.4. The van der Waals surface area contributed by atoms with Crippen LogP contribution in [-0.2, 0) is 23.6 Å². The minimum atomic E-state index is -0.666. The number of fused-ring (bicyclic) bond motifs is 4. The molecule has 0 bridgehead atoms. The summed E-state index contributed by atoms with van der Waals surface area (Å²) in [4.78, 5) is 63.9. The van der Waals surface area contributed by atoms with E-state index in [0.717, 1.165) is 45.4 Å². The summed E-state index contributed by atoms with van der Waals surface area (Å²) in [5.74, 6) is 0.192. The molecule has 2 aromatic heterocycles. The summed E-state index contributed by atoms with van der Waals surface area (Å²) in [5.41, 5.74) is 4.65. The van der Waals surface area contributed by atoms with Crippen molar-refractivity contribution < 1.29 is 23.9 Å². The average Bonchev–Trinajstić information content (AvgIpc) is 3.41. The maximum atomic E-state index is 13.9. The fraction of sp³-hybridized carbons (Fsp3) is 0.324. The molecule has 4 aromatic rings. The first-order valence-corrected chi connectivity index (χ1v) is 15.1. The number of piperidine rings is 1. The number of rotatable bonds is 3. The largest absolute Gasteiger partial charge is 0.444 e. The van der Waals surface area contributed by atoms with E-state index in [1.807, 2.05) is 42.5 Å². The van der Waals surface area contributed by atoms with Gasteiger partial charge in [-0.2, -0.15) is 0 Å². The predicted octanol–water partition coefficient (Wildman–Crippen LogP) is 4.95. The van der Waals surface area contributed by atoms with Gasteiger partial charge in [-0.05, 0) is 68.9 Å². The predicted molar refractivity (Wildman–Crippen MR) is 166 cm³/mol. The number of ketones is 1. The highest BCUT2D eigenvalue weighted by atomic mass is 16.6. The number of nitrogens with zero attached hydrogens (tertiary/aromatic N) is 4. The molecule has 2 aliphatic heterocycles. The van der Waals surface area contributed by atoms with Crippen LogP contribution in [0.2, 0.25) is 0 Å². The summed E-state index contributed by atoms with van der Waals surface area (Å²) in [5, 5.41) is 3.47. The number of H-pyrrole nitrogens is 1. The van der Waals surface area contributed by atoms with Crippen LogP contribution >= 0.6 is 0 Å². The molecule has 2 unspecified atom stereocenters. The minimum absolute atomic E-state index is 0.0590. The second-order valence-corrected chi connectivity index (χ2v) is 13.3. The molecule has 11 heteroatoms. The number of aryl methyl sites for hydroxylation is 1. The first-order valence-electron chi connectivity index (χ1n) is 15.1. The number of carbonyl (C=O) groups excluding carboxylic acids is 4. The van der Waals surface area contributed by atoms with Crippen molar-refractivity contribution >= 4 is 46.1 Å². The molecule has 2 N–H and O–H groups in total. The Bertz CT molecular complexity index is 2030. The van der Waals surface area contributed by atoms with Gasteiger partial charge >= 0.3 is 6.09 Å². The number of carbonyl (C=O) groups is 4. The number of amides is 3. The highest BCUT2D eigenvalue weighted by molar-refractivity contribution is 6.11. The van der Waals surface area contributed by atoms with E-state index in [2.05, 4.69) is 15.3 Å². The van der Waals surface area contributed by atoms with Crippen LogP contribution < -0.4 is 10.2 Å². The van der Waals surface area contributed by atoms with Crippen LogP contribution in [0.5, 0.6) is 0 Å². The fourth-order valence-corrected chi connectivity index (χ4v) is 7.42. The number of aromatic nitrogens is 3. The summed E-state index contributed by atoms with van der Waals surface area (Å²) >= 11 is 0. The zero-order valence-electron chi connectivity index (χ0n) is 25.4. The lowest BCUT2D eigenvalue weighted by molar-refractivity contribution is 0.0634. The van der Waals surface area contributed by atoms with Crippen molar-refractivity contribution in [2.45, 2.75) is 44.6 Å². The molecule has 4 heterocycles. The van der Waals surface area contributed by atoms with Crippen molar-refractivity contribution in [3.8, 4) is 0 Å². The van der Waals surface area contributed by atoms with Gasteiger partial charge in [0, 0.05) is 65.7 Å². The number of ether oxygens (including phenoxy) is 1. The van der Waals surface area contributed by atoms with E-state index in [9.17, 15) is 19.2 Å². The third kappa shape index (κ3) is 4.06. The Kier molecular flexibility index (Phi) is 5.57. The summed E-state index contributed by atoms with van der Waals surface area (Å²) in [7, 11) is 1.70. The zero-order valence-corrected chi connectivity index (χ0v) is 25.4. The molecule has 4 aliphatic rings. The molecule has 2 aliphatic carbocycles. The van der Waals surface area contributed by atoms with Gasteiger partial charge in [-0.1, -0.05) is 24.3 Å². The summed E-state index contributed by atoms with van der Waals surface area (Å²) in [6.07, 6.45) is 4.14. The standard InChI is InChI=1S/C34H32N6O5/c1-33(2,3)45-32(44)37-28-17-38(4)29(36-28)31(43)39-12-11-19-21-13-24(35-23(21)9-10-25(19)39)30(42)40-16-18-15-34(18)22-8-6-5-7-20(22)26(41)14-27(34)40/h5-10,13-14,17-18,35H,11-12,15-16H2,1-4H3,(H,37,44).